The summed E-state index contributed by atoms with van der Waals surface area (Å²) in [7, 11) is 0. The van der Waals surface area contributed by atoms with Crippen LogP contribution < -0.4 is 0 Å². The van der Waals surface area contributed by atoms with Crippen molar-refractivity contribution in [2.45, 2.75) is 32.6 Å². The maximum atomic E-state index is 3.65. The van der Waals surface area contributed by atoms with Crippen molar-refractivity contribution in [2.75, 3.05) is 25.0 Å². The molecule has 1 nitrogen and oxygen atoms in total. The Morgan fingerprint density at radius 2 is 2.23 bits per heavy atom. The zero-order chi connectivity index (χ0) is 9.31. The predicted molar refractivity (Wildman–Crippen MR) is 60.3 cm³/mol. The fourth-order valence-corrected chi connectivity index (χ4v) is 3.15. The molecular formula is C11H20BrN. The molecule has 2 heteroatoms. The van der Waals surface area contributed by atoms with Crippen molar-refractivity contribution in [1.29, 1.82) is 0 Å². The van der Waals surface area contributed by atoms with E-state index in [0.717, 1.165) is 5.92 Å². The lowest BCUT2D eigenvalue weighted by molar-refractivity contribution is 0.158. The summed E-state index contributed by atoms with van der Waals surface area (Å²) in [6, 6.07) is 0. The number of nitrogens with zero attached hydrogens (tertiary/aromatic N) is 1. The van der Waals surface area contributed by atoms with E-state index in [-0.39, 0.29) is 0 Å². The van der Waals surface area contributed by atoms with Crippen LogP contribution in [0.3, 0.4) is 0 Å². The van der Waals surface area contributed by atoms with E-state index < -0.39 is 0 Å². The number of piperidine rings is 1. The van der Waals surface area contributed by atoms with Gasteiger partial charge in [0.2, 0.25) is 0 Å². The van der Waals surface area contributed by atoms with Crippen molar-refractivity contribution in [3.05, 3.63) is 0 Å². The number of rotatable bonds is 3. The number of hydrogen-bond acceptors (Lipinski definition) is 1. The van der Waals surface area contributed by atoms with Crippen molar-refractivity contribution < 1.29 is 0 Å². The molecule has 1 aliphatic heterocycles. The monoisotopic (exact) mass is 245 g/mol. The zero-order valence-corrected chi connectivity index (χ0v) is 10.1. The van der Waals surface area contributed by atoms with Crippen molar-refractivity contribution in [3.63, 3.8) is 0 Å². The highest BCUT2D eigenvalue weighted by atomic mass is 79.9. The van der Waals surface area contributed by atoms with Crippen molar-refractivity contribution in [2.24, 2.45) is 11.3 Å². The summed E-state index contributed by atoms with van der Waals surface area (Å²) >= 11 is 3.65. The molecule has 0 spiro atoms. The van der Waals surface area contributed by atoms with Gasteiger partial charge in [0.25, 0.3) is 0 Å². The van der Waals surface area contributed by atoms with Crippen LogP contribution in [-0.4, -0.2) is 29.9 Å². The molecule has 1 atom stereocenters. The van der Waals surface area contributed by atoms with Crippen LogP contribution >= 0.6 is 15.9 Å². The smallest absolute Gasteiger partial charge is 0.0100 e. The second-order valence-electron chi connectivity index (χ2n) is 5.12. The third kappa shape index (κ3) is 2.47. The Labute approximate surface area is 90.0 Å². The average Bonchev–Trinajstić information content (AvgIpc) is 2.86. The van der Waals surface area contributed by atoms with Crippen molar-refractivity contribution in [3.8, 4) is 0 Å². The lowest BCUT2D eigenvalue weighted by Crippen LogP contribution is -2.38. The van der Waals surface area contributed by atoms with E-state index in [0.29, 0.717) is 5.41 Å². The van der Waals surface area contributed by atoms with Gasteiger partial charge in [-0.15, -0.1) is 0 Å². The minimum Gasteiger partial charge on any atom is -0.302 e. The van der Waals surface area contributed by atoms with Gasteiger partial charge >= 0.3 is 0 Å². The SMILES string of the molecule is CC1CCCN(CC2(CBr)CC2)C1. The summed E-state index contributed by atoms with van der Waals surface area (Å²) < 4.78 is 0. The van der Waals surface area contributed by atoms with E-state index in [1.54, 1.807) is 0 Å². The van der Waals surface area contributed by atoms with Gasteiger partial charge in [-0.05, 0) is 43.6 Å². The maximum Gasteiger partial charge on any atom is 0.0100 e. The standard InChI is InChI=1S/C11H20BrN/c1-10-3-2-6-13(7-10)9-11(8-12)4-5-11/h10H,2-9H2,1H3. The van der Waals surface area contributed by atoms with E-state index in [1.807, 2.05) is 0 Å². The number of alkyl halides is 1. The first-order valence-corrected chi connectivity index (χ1v) is 6.65. The highest BCUT2D eigenvalue weighted by Gasteiger charge is 2.42. The molecule has 0 radical (unpaired) electrons. The van der Waals surface area contributed by atoms with Crippen LogP contribution in [0.25, 0.3) is 0 Å². The van der Waals surface area contributed by atoms with Crippen molar-refractivity contribution in [1.82, 2.24) is 4.90 Å². The van der Waals surface area contributed by atoms with Gasteiger partial charge in [0, 0.05) is 18.4 Å². The summed E-state index contributed by atoms with van der Waals surface area (Å²) in [6.07, 6.45) is 5.75. The lowest BCUT2D eigenvalue weighted by atomic mass is 9.98. The summed E-state index contributed by atoms with van der Waals surface area (Å²) in [5.74, 6) is 0.930. The molecule has 76 valence electrons. The molecular weight excluding hydrogens is 226 g/mol. The van der Waals surface area contributed by atoms with Crippen molar-refractivity contribution >= 4 is 15.9 Å². The Morgan fingerprint density at radius 3 is 2.77 bits per heavy atom. The number of halogens is 1. The van der Waals surface area contributed by atoms with Crippen LogP contribution in [0.15, 0.2) is 0 Å². The molecule has 2 aliphatic rings. The average molecular weight is 246 g/mol. The fourth-order valence-electron chi connectivity index (χ4n) is 2.42. The summed E-state index contributed by atoms with van der Waals surface area (Å²) in [4.78, 5) is 2.68. The van der Waals surface area contributed by atoms with Crippen LogP contribution in [-0.2, 0) is 0 Å². The molecule has 1 aliphatic carbocycles. The third-order valence-electron chi connectivity index (χ3n) is 3.54. The Morgan fingerprint density at radius 1 is 1.46 bits per heavy atom. The topological polar surface area (TPSA) is 3.24 Å². The summed E-state index contributed by atoms with van der Waals surface area (Å²) in [5.41, 5.74) is 0.678. The molecule has 0 amide bonds. The molecule has 1 saturated heterocycles. The Bertz CT molecular complexity index is 177. The normalized spacial score (nSPS) is 33.2. The summed E-state index contributed by atoms with van der Waals surface area (Å²) in [5, 5.41) is 1.21. The first-order chi connectivity index (χ1) is 6.24. The minimum absolute atomic E-state index is 0.678. The van der Waals surface area contributed by atoms with E-state index in [2.05, 4.69) is 27.8 Å². The molecule has 2 rings (SSSR count). The van der Waals surface area contributed by atoms with Crippen LogP contribution in [0.4, 0.5) is 0 Å². The quantitative estimate of drug-likeness (QED) is 0.692. The van der Waals surface area contributed by atoms with Gasteiger partial charge in [0.15, 0.2) is 0 Å². The van der Waals surface area contributed by atoms with Gasteiger partial charge in [-0.3, -0.25) is 0 Å². The second kappa shape index (κ2) is 3.90. The third-order valence-corrected chi connectivity index (χ3v) is 4.73. The Balaban J connectivity index is 1.80. The van der Waals surface area contributed by atoms with Gasteiger partial charge in [-0.1, -0.05) is 22.9 Å². The molecule has 0 aromatic carbocycles. The van der Waals surface area contributed by atoms with Gasteiger partial charge in [-0.25, -0.2) is 0 Å². The highest BCUT2D eigenvalue weighted by Crippen LogP contribution is 2.47. The van der Waals surface area contributed by atoms with Crippen LogP contribution in [0.2, 0.25) is 0 Å². The molecule has 0 N–H and O–H groups in total. The molecule has 1 saturated carbocycles. The van der Waals surface area contributed by atoms with Gasteiger partial charge in [0.1, 0.15) is 0 Å². The van der Waals surface area contributed by atoms with E-state index in [1.165, 1.54) is 50.6 Å². The predicted octanol–water partition coefficient (Wildman–Crippen LogP) is 2.89. The largest absolute Gasteiger partial charge is 0.302 e. The van der Waals surface area contributed by atoms with E-state index >= 15 is 0 Å². The van der Waals surface area contributed by atoms with Crippen LogP contribution in [0.5, 0.6) is 0 Å². The van der Waals surface area contributed by atoms with Gasteiger partial charge in [-0.2, -0.15) is 0 Å². The molecule has 0 bridgehead atoms. The molecule has 0 aromatic heterocycles. The molecule has 1 unspecified atom stereocenters. The first-order valence-electron chi connectivity index (χ1n) is 5.52. The molecule has 2 fully saturated rings. The Kier molecular flexibility index (Phi) is 2.99. The highest BCUT2D eigenvalue weighted by molar-refractivity contribution is 9.09. The van der Waals surface area contributed by atoms with Crippen LogP contribution in [0, 0.1) is 11.3 Å². The summed E-state index contributed by atoms with van der Waals surface area (Å²) in [6.45, 7) is 6.43. The van der Waals surface area contributed by atoms with Gasteiger partial charge < -0.3 is 4.90 Å². The van der Waals surface area contributed by atoms with Crippen LogP contribution in [0.1, 0.15) is 32.6 Å². The molecule has 1 heterocycles. The Hall–Kier alpha value is 0.440. The zero-order valence-electron chi connectivity index (χ0n) is 8.56. The maximum absolute atomic E-state index is 3.65. The molecule has 0 aromatic rings. The first kappa shape index (κ1) is 9.97. The minimum atomic E-state index is 0.678. The number of likely N-dealkylation sites (tertiary alicyclic amines) is 1. The number of hydrogen-bond donors (Lipinski definition) is 0. The molecule has 13 heavy (non-hydrogen) atoms. The van der Waals surface area contributed by atoms with E-state index in [9.17, 15) is 0 Å². The second-order valence-corrected chi connectivity index (χ2v) is 5.68. The fraction of sp³-hybridized carbons (Fsp3) is 1.00. The van der Waals surface area contributed by atoms with Gasteiger partial charge in [0.05, 0.1) is 0 Å². The van der Waals surface area contributed by atoms with E-state index in [4.69, 9.17) is 0 Å². The lowest BCUT2D eigenvalue weighted by Gasteiger charge is -2.33.